The molecule has 0 saturated heterocycles. The molecule has 2 heterocycles. The Kier molecular flexibility index (Phi) is 5.83. The highest BCUT2D eigenvalue weighted by Crippen LogP contribution is 2.25. The van der Waals surface area contributed by atoms with Gasteiger partial charge in [-0.3, -0.25) is 4.79 Å². The summed E-state index contributed by atoms with van der Waals surface area (Å²) in [6.07, 6.45) is 0.720. The first-order valence-corrected chi connectivity index (χ1v) is 9.48. The molecule has 158 valence electrons. The molecule has 0 bridgehead atoms. The Balaban J connectivity index is 1.32. The van der Waals surface area contributed by atoms with Crippen molar-refractivity contribution in [3.8, 4) is 22.8 Å². The number of aryl methyl sites for hydroxylation is 1. The van der Waals surface area contributed by atoms with Crippen LogP contribution in [0.2, 0.25) is 0 Å². The van der Waals surface area contributed by atoms with Crippen LogP contribution in [-0.4, -0.2) is 21.2 Å². The van der Waals surface area contributed by atoms with Crippen LogP contribution in [0.4, 0.5) is 8.78 Å². The minimum absolute atomic E-state index is 0.0180. The van der Waals surface area contributed by atoms with E-state index in [4.69, 9.17) is 13.6 Å². The van der Waals surface area contributed by atoms with Gasteiger partial charge in [-0.15, -0.1) is 10.2 Å². The third kappa shape index (κ3) is 4.82. The highest BCUT2D eigenvalue weighted by Gasteiger charge is 2.20. The van der Waals surface area contributed by atoms with Gasteiger partial charge in [0.1, 0.15) is 11.6 Å². The fourth-order valence-corrected chi connectivity index (χ4v) is 2.85. The second-order valence-corrected chi connectivity index (χ2v) is 6.69. The van der Waals surface area contributed by atoms with Gasteiger partial charge >= 0.3 is 5.97 Å². The molecule has 4 aromatic rings. The van der Waals surface area contributed by atoms with Gasteiger partial charge in [-0.2, -0.15) is 0 Å². The van der Waals surface area contributed by atoms with E-state index in [-0.39, 0.29) is 35.9 Å². The van der Waals surface area contributed by atoms with Crippen LogP contribution in [0.15, 0.2) is 63.6 Å². The van der Waals surface area contributed by atoms with Crippen LogP contribution in [0.3, 0.4) is 0 Å². The van der Waals surface area contributed by atoms with E-state index in [0.717, 1.165) is 17.7 Å². The Bertz CT molecular complexity index is 1190. The van der Waals surface area contributed by atoms with Crippen LogP contribution in [0, 0.1) is 11.6 Å². The molecule has 0 aliphatic rings. The van der Waals surface area contributed by atoms with Crippen LogP contribution >= 0.6 is 0 Å². The first kappa shape index (κ1) is 20.4. The van der Waals surface area contributed by atoms with Gasteiger partial charge in [0.2, 0.25) is 5.89 Å². The average Bonchev–Trinajstić information content (AvgIpc) is 3.43. The fourth-order valence-electron chi connectivity index (χ4n) is 2.85. The van der Waals surface area contributed by atoms with Crippen LogP contribution in [0.1, 0.15) is 31.2 Å². The normalized spacial score (nSPS) is 12.0. The zero-order chi connectivity index (χ0) is 21.8. The molecule has 31 heavy (non-hydrogen) atoms. The van der Waals surface area contributed by atoms with E-state index >= 15 is 0 Å². The first-order chi connectivity index (χ1) is 15.0. The third-order valence-corrected chi connectivity index (χ3v) is 4.41. The Morgan fingerprint density at radius 3 is 2.68 bits per heavy atom. The van der Waals surface area contributed by atoms with Gasteiger partial charge in [-0.1, -0.05) is 18.2 Å². The molecule has 0 aliphatic heterocycles. The first-order valence-electron chi connectivity index (χ1n) is 9.48. The number of carbonyl (C=O) groups excluding carboxylic acids is 1. The number of hydrogen-bond donors (Lipinski definition) is 0. The van der Waals surface area contributed by atoms with Crippen LogP contribution in [-0.2, 0) is 16.0 Å². The molecule has 2 aromatic carbocycles. The summed E-state index contributed by atoms with van der Waals surface area (Å²) < 4.78 is 43.3. The summed E-state index contributed by atoms with van der Waals surface area (Å²) in [6, 6.07) is 12.4. The van der Waals surface area contributed by atoms with Crippen molar-refractivity contribution in [1.29, 1.82) is 0 Å². The smallest absolute Gasteiger partial charge is 0.307 e. The molecular formula is C22H17F2N3O4. The number of aromatic nitrogens is 3. The quantitative estimate of drug-likeness (QED) is 0.389. The Hall–Kier alpha value is -3.88. The molecule has 1 atom stereocenters. The molecular weight excluding hydrogens is 408 g/mol. The van der Waals surface area contributed by atoms with Gasteiger partial charge in [0.25, 0.3) is 5.89 Å². The molecule has 0 saturated carbocycles. The molecule has 2 aromatic heterocycles. The summed E-state index contributed by atoms with van der Waals surface area (Å²) in [5.74, 6) is -1.07. The largest absolute Gasteiger partial charge is 0.453 e. The Morgan fingerprint density at radius 2 is 1.90 bits per heavy atom. The van der Waals surface area contributed by atoms with Crippen molar-refractivity contribution in [3.05, 3.63) is 78.1 Å². The lowest BCUT2D eigenvalue weighted by Gasteiger charge is -2.08. The van der Waals surface area contributed by atoms with Gasteiger partial charge < -0.3 is 13.6 Å². The van der Waals surface area contributed by atoms with E-state index in [1.807, 2.05) is 30.3 Å². The lowest BCUT2D eigenvalue weighted by atomic mass is 10.2. The zero-order valence-electron chi connectivity index (χ0n) is 16.4. The molecule has 0 spiro atoms. The number of benzene rings is 2. The number of rotatable bonds is 7. The van der Waals surface area contributed by atoms with Crippen molar-refractivity contribution in [2.24, 2.45) is 0 Å². The molecule has 1 unspecified atom stereocenters. The molecule has 9 heteroatoms. The highest BCUT2D eigenvalue weighted by atomic mass is 19.1. The van der Waals surface area contributed by atoms with Crippen LogP contribution in [0.5, 0.6) is 0 Å². The van der Waals surface area contributed by atoms with Gasteiger partial charge in [0.05, 0.1) is 18.2 Å². The summed E-state index contributed by atoms with van der Waals surface area (Å²) in [5, 5.41) is 7.89. The van der Waals surface area contributed by atoms with Crippen molar-refractivity contribution in [3.63, 3.8) is 0 Å². The Morgan fingerprint density at radius 1 is 1.10 bits per heavy atom. The number of carbonyl (C=O) groups is 1. The summed E-state index contributed by atoms with van der Waals surface area (Å²) in [5.41, 5.74) is 0.846. The SMILES string of the molecule is CC(OC(=O)CCc1ncc(-c2ccc(F)cc2F)o1)c1nnc(-c2ccccc2)o1. The number of oxazole rings is 1. The maximum Gasteiger partial charge on any atom is 0.307 e. The van der Waals surface area contributed by atoms with Crippen molar-refractivity contribution >= 4 is 5.97 Å². The monoisotopic (exact) mass is 425 g/mol. The lowest BCUT2D eigenvalue weighted by Crippen LogP contribution is -2.10. The number of halogens is 2. The summed E-state index contributed by atoms with van der Waals surface area (Å²) >= 11 is 0. The molecule has 0 aliphatic carbocycles. The Labute approximate surface area is 175 Å². The molecule has 7 nitrogen and oxygen atoms in total. The van der Waals surface area contributed by atoms with Crippen molar-refractivity contribution in [2.45, 2.75) is 25.9 Å². The van der Waals surface area contributed by atoms with Crippen molar-refractivity contribution < 1.29 is 27.1 Å². The van der Waals surface area contributed by atoms with Gasteiger partial charge in [0, 0.05) is 18.1 Å². The zero-order valence-corrected chi connectivity index (χ0v) is 16.4. The minimum Gasteiger partial charge on any atom is -0.453 e. The average molecular weight is 425 g/mol. The van der Waals surface area contributed by atoms with Crippen molar-refractivity contribution in [2.75, 3.05) is 0 Å². The maximum atomic E-state index is 13.9. The van der Waals surface area contributed by atoms with E-state index in [1.165, 1.54) is 12.3 Å². The lowest BCUT2D eigenvalue weighted by molar-refractivity contribution is -0.149. The molecule has 0 N–H and O–H groups in total. The predicted octanol–water partition coefficient (Wildman–Crippen LogP) is 4.91. The van der Waals surface area contributed by atoms with E-state index in [1.54, 1.807) is 6.92 Å². The van der Waals surface area contributed by atoms with Crippen LogP contribution < -0.4 is 0 Å². The molecule has 0 amide bonds. The molecule has 0 fully saturated rings. The molecule has 0 radical (unpaired) electrons. The number of hydrogen-bond acceptors (Lipinski definition) is 7. The number of esters is 1. The second-order valence-electron chi connectivity index (χ2n) is 6.69. The van der Waals surface area contributed by atoms with E-state index in [9.17, 15) is 13.6 Å². The minimum atomic E-state index is -0.759. The fraction of sp³-hybridized carbons (Fsp3) is 0.182. The predicted molar refractivity (Wildman–Crippen MR) is 104 cm³/mol. The summed E-state index contributed by atoms with van der Waals surface area (Å²) in [4.78, 5) is 16.2. The summed E-state index contributed by atoms with van der Waals surface area (Å²) in [7, 11) is 0. The van der Waals surface area contributed by atoms with Crippen LogP contribution in [0.25, 0.3) is 22.8 Å². The second kappa shape index (κ2) is 8.86. The standard InChI is InChI=1S/C22H17F2N3O4/c1-13(21-26-27-22(31-21)14-5-3-2-4-6-14)29-20(28)10-9-19-25-12-18(30-19)16-8-7-15(23)11-17(16)24/h2-8,11-13H,9-10H2,1H3. The van der Waals surface area contributed by atoms with E-state index in [2.05, 4.69) is 15.2 Å². The van der Waals surface area contributed by atoms with Gasteiger partial charge in [0.15, 0.2) is 17.8 Å². The van der Waals surface area contributed by atoms with E-state index in [0.29, 0.717) is 5.89 Å². The van der Waals surface area contributed by atoms with Gasteiger partial charge in [-0.05, 0) is 31.2 Å². The van der Waals surface area contributed by atoms with Crippen molar-refractivity contribution in [1.82, 2.24) is 15.2 Å². The number of nitrogens with zero attached hydrogens (tertiary/aromatic N) is 3. The molecule has 4 rings (SSSR count). The third-order valence-electron chi connectivity index (χ3n) is 4.41. The van der Waals surface area contributed by atoms with Gasteiger partial charge in [-0.25, -0.2) is 13.8 Å². The topological polar surface area (TPSA) is 91.2 Å². The number of ether oxygens (including phenoxy) is 1. The summed E-state index contributed by atoms with van der Waals surface area (Å²) in [6.45, 7) is 1.63. The maximum absolute atomic E-state index is 13.9. The van der Waals surface area contributed by atoms with E-state index < -0.39 is 23.7 Å². The highest BCUT2D eigenvalue weighted by molar-refractivity contribution is 5.69.